The van der Waals surface area contributed by atoms with Crippen LogP contribution in [0.25, 0.3) is 0 Å². The molecule has 2 rings (SSSR count). The zero-order chi connectivity index (χ0) is 9.80. The van der Waals surface area contributed by atoms with Crippen LogP contribution in [0.1, 0.15) is 5.56 Å². The van der Waals surface area contributed by atoms with Crippen molar-refractivity contribution in [2.24, 2.45) is 0 Å². The second-order valence-corrected chi connectivity index (χ2v) is 4.62. The summed E-state index contributed by atoms with van der Waals surface area (Å²) in [5.74, 6) is 0. The maximum Gasteiger partial charge on any atom is 0.0603 e. The topological polar surface area (TPSA) is 12.5 Å². The molecule has 1 aromatic rings. The summed E-state index contributed by atoms with van der Waals surface area (Å²) in [6.07, 6.45) is 0. The van der Waals surface area contributed by atoms with Gasteiger partial charge in [-0.15, -0.1) is 0 Å². The third-order valence-corrected chi connectivity index (χ3v) is 3.33. The molecule has 1 aliphatic heterocycles. The maximum atomic E-state index is 5.30. The molecule has 3 heteroatoms. The molecule has 0 spiro atoms. The van der Waals surface area contributed by atoms with Gasteiger partial charge < -0.3 is 4.74 Å². The van der Waals surface area contributed by atoms with Gasteiger partial charge in [-0.2, -0.15) is 0 Å². The van der Waals surface area contributed by atoms with Crippen molar-refractivity contribution in [1.29, 1.82) is 0 Å². The molecule has 0 amide bonds. The quantitative estimate of drug-likeness (QED) is 0.694. The molecule has 0 saturated carbocycles. The van der Waals surface area contributed by atoms with E-state index in [9.17, 15) is 0 Å². The second kappa shape index (κ2) is 4.82. The van der Waals surface area contributed by atoms with E-state index in [1.54, 1.807) is 0 Å². The van der Waals surface area contributed by atoms with Gasteiger partial charge in [-0.3, -0.25) is 0 Å². The van der Waals surface area contributed by atoms with Crippen LogP contribution in [0.2, 0.25) is 0 Å². The molecule has 0 unspecified atom stereocenters. The van der Waals surface area contributed by atoms with Crippen LogP contribution in [-0.2, 0) is 4.74 Å². The molecule has 76 valence electrons. The van der Waals surface area contributed by atoms with Crippen LogP contribution in [0.15, 0.2) is 29.2 Å². The smallest absolute Gasteiger partial charge is 0.0603 e. The molecule has 0 atom stereocenters. The molecule has 0 N–H and O–H groups in total. The van der Waals surface area contributed by atoms with Gasteiger partial charge in [0.05, 0.1) is 13.2 Å². The van der Waals surface area contributed by atoms with Crippen molar-refractivity contribution in [3.63, 3.8) is 0 Å². The van der Waals surface area contributed by atoms with E-state index in [0.717, 1.165) is 26.3 Å². The lowest BCUT2D eigenvalue weighted by Crippen LogP contribution is -2.30. The number of hydrogen-bond donors (Lipinski definition) is 0. The molecule has 14 heavy (non-hydrogen) atoms. The van der Waals surface area contributed by atoms with E-state index in [0.29, 0.717) is 0 Å². The Morgan fingerprint density at radius 2 is 1.79 bits per heavy atom. The highest BCUT2D eigenvalue weighted by molar-refractivity contribution is 7.97. The first-order chi connectivity index (χ1) is 6.84. The van der Waals surface area contributed by atoms with E-state index in [2.05, 4.69) is 35.5 Å². The monoisotopic (exact) mass is 209 g/mol. The number of aryl methyl sites for hydroxylation is 1. The number of morpholine rings is 1. The molecule has 1 fully saturated rings. The fourth-order valence-electron chi connectivity index (χ4n) is 1.39. The minimum atomic E-state index is 0.860. The average Bonchev–Trinajstić information content (AvgIpc) is 2.23. The standard InChI is InChI=1S/C11H15NOS/c1-10-2-4-11(5-3-10)14-12-6-8-13-9-7-12/h2-5H,6-9H2,1H3. The lowest BCUT2D eigenvalue weighted by molar-refractivity contribution is 0.0773. The first-order valence-corrected chi connectivity index (χ1v) is 5.69. The van der Waals surface area contributed by atoms with Crippen molar-refractivity contribution in [1.82, 2.24) is 4.31 Å². The summed E-state index contributed by atoms with van der Waals surface area (Å²) < 4.78 is 7.66. The Hall–Kier alpha value is -0.510. The van der Waals surface area contributed by atoms with E-state index in [1.165, 1.54) is 10.5 Å². The Bertz CT molecular complexity index is 280. The third kappa shape index (κ3) is 2.74. The first-order valence-electron chi connectivity index (χ1n) is 4.92. The van der Waals surface area contributed by atoms with Crippen LogP contribution in [-0.4, -0.2) is 30.6 Å². The van der Waals surface area contributed by atoms with Crippen LogP contribution < -0.4 is 0 Å². The van der Waals surface area contributed by atoms with E-state index in [-0.39, 0.29) is 0 Å². The highest BCUT2D eigenvalue weighted by atomic mass is 32.2. The Labute approximate surface area is 89.4 Å². The van der Waals surface area contributed by atoms with Gasteiger partial charge in [0.25, 0.3) is 0 Å². The SMILES string of the molecule is Cc1ccc(SN2CCOCC2)cc1. The molecule has 0 bridgehead atoms. The summed E-state index contributed by atoms with van der Waals surface area (Å²) in [4.78, 5) is 1.32. The van der Waals surface area contributed by atoms with Gasteiger partial charge in [-0.25, -0.2) is 4.31 Å². The molecule has 1 aliphatic rings. The summed E-state index contributed by atoms with van der Waals surface area (Å²) >= 11 is 1.83. The van der Waals surface area contributed by atoms with Crippen molar-refractivity contribution in [2.75, 3.05) is 26.3 Å². The third-order valence-electron chi connectivity index (χ3n) is 2.23. The van der Waals surface area contributed by atoms with Crippen molar-refractivity contribution in [3.05, 3.63) is 29.8 Å². The predicted molar refractivity (Wildman–Crippen MR) is 59.4 cm³/mol. The fourth-order valence-corrected chi connectivity index (χ4v) is 2.27. The Balaban J connectivity index is 1.92. The summed E-state index contributed by atoms with van der Waals surface area (Å²) in [5.41, 5.74) is 1.32. The summed E-state index contributed by atoms with van der Waals surface area (Å²) in [6, 6.07) is 8.66. The Morgan fingerprint density at radius 1 is 1.14 bits per heavy atom. The number of benzene rings is 1. The zero-order valence-corrected chi connectivity index (χ0v) is 9.22. The minimum absolute atomic E-state index is 0.860. The highest BCUT2D eigenvalue weighted by Gasteiger charge is 2.10. The molecule has 1 aromatic carbocycles. The van der Waals surface area contributed by atoms with Gasteiger partial charge in [0.15, 0.2) is 0 Å². The normalized spacial score (nSPS) is 18.4. The van der Waals surface area contributed by atoms with Gasteiger partial charge in [0.2, 0.25) is 0 Å². The fraction of sp³-hybridized carbons (Fsp3) is 0.455. The average molecular weight is 209 g/mol. The minimum Gasteiger partial charge on any atom is -0.379 e. The van der Waals surface area contributed by atoms with Crippen LogP contribution >= 0.6 is 11.9 Å². The van der Waals surface area contributed by atoms with Crippen LogP contribution in [0.4, 0.5) is 0 Å². The molecule has 0 aromatic heterocycles. The van der Waals surface area contributed by atoms with Crippen molar-refractivity contribution < 1.29 is 4.74 Å². The molecule has 2 nitrogen and oxygen atoms in total. The van der Waals surface area contributed by atoms with Crippen LogP contribution in [0, 0.1) is 6.92 Å². The summed E-state index contributed by atoms with van der Waals surface area (Å²) in [5, 5.41) is 0. The van der Waals surface area contributed by atoms with Crippen LogP contribution in [0.3, 0.4) is 0 Å². The molecule has 1 saturated heterocycles. The molecular formula is C11H15NOS. The van der Waals surface area contributed by atoms with Gasteiger partial charge in [0, 0.05) is 18.0 Å². The zero-order valence-electron chi connectivity index (χ0n) is 8.40. The molecular weight excluding hydrogens is 194 g/mol. The van der Waals surface area contributed by atoms with Gasteiger partial charge in [0.1, 0.15) is 0 Å². The Kier molecular flexibility index (Phi) is 3.45. The van der Waals surface area contributed by atoms with Gasteiger partial charge in [-0.1, -0.05) is 17.7 Å². The van der Waals surface area contributed by atoms with Gasteiger partial charge in [-0.05, 0) is 31.0 Å². The highest BCUT2D eigenvalue weighted by Crippen LogP contribution is 2.23. The van der Waals surface area contributed by atoms with E-state index >= 15 is 0 Å². The summed E-state index contributed by atoms with van der Waals surface area (Å²) in [7, 11) is 0. The molecule has 0 radical (unpaired) electrons. The van der Waals surface area contributed by atoms with Crippen molar-refractivity contribution in [3.8, 4) is 0 Å². The maximum absolute atomic E-state index is 5.30. The lowest BCUT2D eigenvalue weighted by Gasteiger charge is -2.25. The molecule has 1 heterocycles. The van der Waals surface area contributed by atoms with Crippen molar-refractivity contribution >= 4 is 11.9 Å². The number of rotatable bonds is 2. The Morgan fingerprint density at radius 3 is 2.43 bits per heavy atom. The lowest BCUT2D eigenvalue weighted by atomic mass is 10.2. The largest absolute Gasteiger partial charge is 0.379 e. The van der Waals surface area contributed by atoms with E-state index in [4.69, 9.17) is 4.74 Å². The number of ether oxygens (including phenoxy) is 1. The first kappa shape index (κ1) is 10.0. The van der Waals surface area contributed by atoms with Gasteiger partial charge >= 0.3 is 0 Å². The number of nitrogens with zero attached hydrogens (tertiary/aromatic N) is 1. The van der Waals surface area contributed by atoms with Crippen LogP contribution in [0.5, 0.6) is 0 Å². The molecule has 0 aliphatic carbocycles. The van der Waals surface area contributed by atoms with Crippen molar-refractivity contribution in [2.45, 2.75) is 11.8 Å². The second-order valence-electron chi connectivity index (χ2n) is 3.45. The van der Waals surface area contributed by atoms with E-state index in [1.807, 2.05) is 11.9 Å². The summed E-state index contributed by atoms with van der Waals surface area (Å²) in [6.45, 7) is 5.89. The number of hydrogen-bond acceptors (Lipinski definition) is 3. The predicted octanol–water partition coefficient (Wildman–Crippen LogP) is 2.33. The van der Waals surface area contributed by atoms with E-state index < -0.39 is 0 Å².